The summed E-state index contributed by atoms with van der Waals surface area (Å²) in [6, 6.07) is 4.45. The molecule has 1 rings (SSSR count). The molecule has 0 aliphatic carbocycles. The van der Waals surface area contributed by atoms with Crippen molar-refractivity contribution in [3.8, 4) is 0 Å². The Balaban J connectivity index is 3.43. The van der Waals surface area contributed by atoms with Crippen molar-refractivity contribution >= 4 is 38.5 Å². The summed E-state index contributed by atoms with van der Waals surface area (Å²) in [6.45, 7) is 0. The molecule has 14 heavy (non-hydrogen) atoms. The molecule has 0 radical (unpaired) electrons. The third-order valence-corrected chi connectivity index (χ3v) is 2.47. The Kier molecular flexibility index (Phi) is 3.60. The second kappa shape index (κ2) is 4.52. The van der Waals surface area contributed by atoms with E-state index in [4.69, 9.17) is 11.6 Å². The Labute approximate surface area is 93.1 Å². The van der Waals surface area contributed by atoms with Gasteiger partial charge < -0.3 is 0 Å². The third-order valence-electron chi connectivity index (χ3n) is 1.66. The first kappa shape index (κ1) is 11.1. The largest absolute Gasteiger partial charge is 0.285 e. The van der Waals surface area contributed by atoms with Gasteiger partial charge in [-0.25, -0.2) is 0 Å². The molecule has 0 aromatic heterocycles. The lowest BCUT2D eigenvalue weighted by Crippen LogP contribution is -2.01. The summed E-state index contributed by atoms with van der Waals surface area (Å²) < 4.78 is 0. The van der Waals surface area contributed by atoms with Crippen LogP contribution < -0.4 is 0 Å². The molecule has 0 heterocycles. The van der Waals surface area contributed by atoms with Crippen LogP contribution in [-0.4, -0.2) is 10.2 Å². The maximum absolute atomic E-state index is 10.9. The van der Waals surface area contributed by atoms with E-state index in [0.29, 0.717) is 10.9 Å². The summed E-state index contributed by atoms with van der Waals surface area (Å²) in [4.78, 5) is 21.0. The van der Waals surface area contributed by atoms with Gasteiger partial charge in [-0.3, -0.25) is 14.9 Å². The lowest BCUT2D eigenvalue weighted by Gasteiger charge is -2.01. The number of carbonyl (C=O) groups is 1. The van der Waals surface area contributed by atoms with Gasteiger partial charge in [0.05, 0.1) is 4.92 Å². The van der Waals surface area contributed by atoms with Crippen molar-refractivity contribution in [2.75, 3.05) is 0 Å². The second-order valence-electron chi connectivity index (χ2n) is 2.48. The van der Waals surface area contributed by atoms with E-state index in [1.54, 1.807) is 12.1 Å². The number of para-hydroxylation sites is 1. The third kappa shape index (κ3) is 2.10. The predicted octanol–water partition coefficient (Wildman–Crippen LogP) is 2.87. The van der Waals surface area contributed by atoms with Gasteiger partial charge in [0.2, 0.25) is 0 Å². The molecule has 0 bridgehead atoms. The molecule has 0 unspecified atom stereocenters. The van der Waals surface area contributed by atoms with Crippen molar-refractivity contribution < 1.29 is 9.72 Å². The van der Waals surface area contributed by atoms with Gasteiger partial charge >= 0.3 is 0 Å². The molecular weight excluding hydrogens is 273 g/mol. The molecule has 0 fully saturated rings. The lowest BCUT2D eigenvalue weighted by molar-refractivity contribution is -0.385. The Morgan fingerprint density at radius 1 is 1.57 bits per heavy atom. The SMILES string of the molecule is O=C(Cl)c1cccc(CBr)c1[N+](=O)[O-]. The lowest BCUT2D eigenvalue weighted by atomic mass is 10.1. The van der Waals surface area contributed by atoms with Crippen molar-refractivity contribution in [1.82, 2.24) is 0 Å². The van der Waals surface area contributed by atoms with E-state index in [9.17, 15) is 14.9 Å². The number of hydrogen-bond donors (Lipinski definition) is 0. The number of hydrogen-bond acceptors (Lipinski definition) is 3. The van der Waals surface area contributed by atoms with E-state index in [2.05, 4.69) is 15.9 Å². The van der Waals surface area contributed by atoms with Gasteiger partial charge in [0.25, 0.3) is 10.9 Å². The number of benzene rings is 1. The number of nitrogens with zero attached hydrogens (tertiary/aromatic N) is 1. The van der Waals surface area contributed by atoms with Crippen LogP contribution in [0.2, 0.25) is 0 Å². The van der Waals surface area contributed by atoms with E-state index in [-0.39, 0.29) is 11.3 Å². The summed E-state index contributed by atoms with van der Waals surface area (Å²) in [6.07, 6.45) is 0. The maximum atomic E-state index is 10.9. The number of alkyl halides is 1. The van der Waals surface area contributed by atoms with E-state index >= 15 is 0 Å². The quantitative estimate of drug-likeness (QED) is 0.370. The predicted molar refractivity (Wildman–Crippen MR) is 55.9 cm³/mol. The normalized spacial score (nSPS) is 9.86. The summed E-state index contributed by atoms with van der Waals surface area (Å²) in [5.41, 5.74) is 0.125. The molecule has 0 atom stereocenters. The number of halogens is 2. The van der Waals surface area contributed by atoms with Crippen molar-refractivity contribution in [1.29, 1.82) is 0 Å². The first-order chi connectivity index (χ1) is 6.57. The molecule has 0 aliphatic rings. The summed E-state index contributed by atoms with van der Waals surface area (Å²) in [5.74, 6) is 0. The Morgan fingerprint density at radius 2 is 2.21 bits per heavy atom. The minimum Gasteiger partial charge on any atom is -0.275 e. The molecule has 0 aliphatic heterocycles. The average molecular weight is 278 g/mol. The second-order valence-corrected chi connectivity index (χ2v) is 3.38. The molecule has 0 amide bonds. The van der Waals surface area contributed by atoms with Crippen LogP contribution in [0.5, 0.6) is 0 Å². The van der Waals surface area contributed by atoms with Crippen LogP contribution in [-0.2, 0) is 5.33 Å². The molecular formula is C8H5BrClNO3. The van der Waals surface area contributed by atoms with E-state index in [1.165, 1.54) is 6.07 Å². The molecule has 0 spiro atoms. The fraction of sp³-hybridized carbons (Fsp3) is 0.125. The van der Waals surface area contributed by atoms with E-state index < -0.39 is 10.2 Å². The molecule has 1 aromatic carbocycles. The van der Waals surface area contributed by atoms with Gasteiger partial charge in [0.15, 0.2) is 0 Å². The van der Waals surface area contributed by atoms with Gasteiger partial charge in [-0.2, -0.15) is 0 Å². The first-order valence-corrected chi connectivity index (χ1v) is 5.10. The summed E-state index contributed by atoms with van der Waals surface area (Å²) in [7, 11) is 0. The Hall–Kier alpha value is -0.940. The highest BCUT2D eigenvalue weighted by Gasteiger charge is 2.22. The Morgan fingerprint density at radius 3 is 2.64 bits per heavy atom. The maximum Gasteiger partial charge on any atom is 0.285 e. The van der Waals surface area contributed by atoms with Crippen LogP contribution in [0.3, 0.4) is 0 Å². The fourth-order valence-corrected chi connectivity index (χ4v) is 1.68. The van der Waals surface area contributed by atoms with Crippen LogP contribution in [0, 0.1) is 10.1 Å². The zero-order valence-corrected chi connectivity index (χ0v) is 9.21. The molecule has 0 N–H and O–H groups in total. The summed E-state index contributed by atoms with van der Waals surface area (Å²) >= 11 is 8.32. The van der Waals surface area contributed by atoms with Gasteiger partial charge in [-0.05, 0) is 17.7 Å². The molecule has 1 aromatic rings. The first-order valence-electron chi connectivity index (χ1n) is 3.60. The highest BCUT2D eigenvalue weighted by atomic mass is 79.9. The fourth-order valence-electron chi connectivity index (χ4n) is 1.07. The van der Waals surface area contributed by atoms with Crippen molar-refractivity contribution in [3.63, 3.8) is 0 Å². The molecule has 0 saturated heterocycles. The average Bonchev–Trinajstić information content (AvgIpc) is 2.16. The van der Waals surface area contributed by atoms with Crippen LogP contribution in [0.1, 0.15) is 15.9 Å². The molecule has 4 nitrogen and oxygen atoms in total. The van der Waals surface area contributed by atoms with Crippen LogP contribution >= 0.6 is 27.5 Å². The van der Waals surface area contributed by atoms with Crippen LogP contribution in [0.4, 0.5) is 5.69 Å². The number of rotatable bonds is 3. The van der Waals surface area contributed by atoms with E-state index in [1.807, 2.05) is 0 Å². The number of carbonyl (C=O) groups excluding carboxylic acids is 1. The van der Waals surface area contributed by atoms with Gasteiger partial charge in [-0.15, -0.1) is 0 Å². The highest BCUT2D eigenvalue weighted by Crippen LogP contribution is 2.26. The van der Waals surface area contributed by atoms with Gasteiger partial charge in [0.1, 0.15) is 5.56 Å². The minimum atomic E-state index is -0.820. The van der Waals surface area contributed by atoms with Crippen molar-refractivity contribution in [2.45, 2.75) is 5.33 Å². The van der Waals surface area contributed by atoms with Gasteiger partial charge in [-0.1, -0.05) is 28.1 Å². The molecule has 6 heteroatoms. The van der Waals surface area contributed by atoms with E-state index in [0.717, 1.165) is 0 Å². The minimum absolute atomic E-state index is 0.0754. The number of nitro groups is 1. The van der Waals surface area contributed by atoms with Crippen LogP contribution in [0.15, 0.2) is 18.2 Å². The van der Waals surface area contributed by atoms with Gasteiger partial charge in [0, 0.05) is 10.9 Å². The monoisotopic (exact) mass is 277 g/mol. The molecule has 74 valence electrons. The van der Waals surface area contributed by atoms with Crippen LogP contribution in [0.25, 0.3) is 0 Å². The van der Waals surface area contributed by atoms with Crippen molar-refractivity contribution in [3.05, 3.63) is 39.4 Å². The summed E-state index contributed by atoms with van der Waals surface area (Å²) in [5, 5.41) is 10.2. The topological polar surface area (TPSA) is 60.2 Å². The highest BCUT2D eigenvalue weighted by molar-refractivity contribution is 9.08. The zero-order chi connectivity index (χ0) is 10.7. The number of nitro benzene ring substituents is 1. The van der Waals surface area contributed by atoms with Crippen molar-refractivity contribution in [2.24, 2.45) is 0 Å². The molecule has 0 saturated carbocycles. The smallest absolute Gasteiger partial charge is 0.275 e. The zero-order valence-electron chi connectivity index (χ0n) is 6.87. The Bertz CT molecular complexity index is 394. The standard InChI is InChI=1S/C8H5BrClNO3/c9-4-5-2-1-3-6(8(10)12)7(5)11(13)14/h1-3H,4H2.